The third-order valence-corrected chi connectivity index (χ3v) is 3.79. The second-order valence-corrected chi connectivity index (χ2v) is 5.41. The predicted molar refractivity (Wildman–Crippen MR) is 77.8 cm³/mol. The number of aromatic nitrogens is 6. The van der Waals surface area contributed by atoms with E-state index in [1.165, 1.54) is 17.4 Å². The van der Waals surface area contributed by atoms with E-state index < -0.39 is 0 Å². The van der Waals surface area contributed by atoms with Crippen LogP contribution in [-0.4, -0.2) is 35.9 Å². The molecule has 1 atom stereocenters. The monoisotopic (exact) mass is 323 g/mol. The van der Waals surface area contributed by atoms with Gasteiger partial charge in [0.15, 0.2) is 15.9 Å². The van der Waals surface area contributed by atoms with Gasteiger partial charge in [-0.25, -0.2) is 4.98 Å². The zero-order valence-electron chi connectivity index (χ0n) is 10.8. The van der Waals surface area contributed by atoms with E-state index in [0.29, 0.717) is 16.7 Å². The molecule has 21 heavy (non-hydrogen) atoms. The van der Waals surface area contributed by atoms with Crippen molar-refractivity contribution >= 4 is 39.9 Å². The molecule has 8 nitrogen and oxygen atoms in total. The molecule has 1 unspecified atom stereocenters. The molecule has 2 N–H and O–H groups in total. The van der Waals surface area contributed by atoms with Crippen molar-refractivity contribution in [3.63, 3.8) is 0 Å². The number of aromatic amines is 1. The Morgan fingerprint density at radius 3 is 3.24 bits per heavy atom. The van der Waals surface area contributed by atoms with Crippen molar-refractivity contribution in [1.29, 1.82) is 0 Å². The Labute approximate surface area is 127 Å². The third-order valence-electron chi connectivity index (χ3n) is 2.75. The van der Waals surface area contributed by atoms with E-state index in [1.807, 2.05) is 16.0 Å². The Hall–Kier alpha value is -2.26. The fourth-order valence-corrected chi connectivity index (χ4v) is 2.76. The molecule has 0 fully saturated rings. The molecule has 0 saturated heterocycles. The molecule has 0 aliphatic carbocycles. The molecule has 0 radical (unpaired) electrons. The molecule has 0 aromatic carbocycles. The molecule has 3 aromatic heterocycles. The number of thiazole rings is 1. The van der Waals surface area contributed by atoms with Gasteiger partial charge in [-0.05, 0) is 13.0 Å². The summed E-state index contributed by atoms with van der Waals surface area (Å²) < 4.78 is 1.82. The topological polar surface area (TPSA) is 101 Å². The van der Waals surface area contributed by atoms with Gasteiger partial charge in [0.1, 0.15) is 0 Å². The van der Waals surface area contributed by atoms with Crippen molar-refractivity contribution < 1.29 is 4.79 Å². The molecule has 0 bridgehead atoms. The number of amides is 1. The lowest BCUT2D eigenvalue weighted by molar-refractivity contribution is -0.117. The van der Waals surface area contributed by atoms with Crippen LogP contribution in [0.25, 0.3) is 11.0 Å². The zero-order valence-corrected chi connectivity index (χ0v) is 12.4. The highest BCUT2D eigenvalue weighted by Crippen LogP contribution is 2.22. The summed E-state index contributed by atoms with van der Waals surface area (Å²) in [4.78, 5) is 16.8. The largest absolute Gasteiger partial charge is 0.343 e. The summed E-state index contributed by atoms with van der Waals surface area (Å²) in [6, 6.07) is -0.344. The Balaban J connectivity index is 1.72. The van der Waals surface area contributed by atoms with Crippen molar-refractivity contribution in [3.05, 3.63) is 34.3 Å². The maximum Gasteiger partial charge on any atom is 0.244 e. The summed E-state index contributed by atoms with van der Waals surface area (Å²) in [5, 5.41) is 18.4. The fraction of sp³-hybridized carbons (Fsp3) is 0.182. The van der Waals surface area contributed by atoms with Gasteiger partial charge in [-0.15, -0.1) is 21.5 Å². The van der Waals surface area contributed by atoms with Gasteiger partial charge in [-0.2, -0.15) is 5.21 Å². The summed E-state index contributed by atoms with van der Waals surface area (Å²) in [6.07, 6.45) is 4.86. The molecule has 3 rings (SSSR count). The molecule has 3 aromatic rings. The van der Waals surface area contributed by atoms with Crippen LogP contribution in [-0.2, 0) is 4.79 Å². The van der Waals surface area contributed by atoms with E-state index in [1.54, 1.807) is 13.0 Å². The second-order valence-electron chi connectivity index (χ2n) is 4.18. The number of hydrogen-bond donors (Lipinski definition) is 2. The standard InChI is InChI=1S/C11H10ClN7OS/c1-6(10-15-17-18-16-10)13-8(20)3-2-7-9(12)14-11-19(7)4-5-21-11/h2-6H,1H3,(H,13,20)(H,15,16,17,18). The number of nitrogens with one attached hydrogen (secondary N) is 2. The van der Waals surface area contributed by atoms with Gasteiger partial charge in [-0.1, -0.05) is 16.8 Å². The number of rotatable bonds is 4. The van der Waals surface area contributed by atoms with Crippen LogP contribution in [0.15, 0.2) is 17.7 Å². The Kier molecular flexibility index (Phi) is 3.67. The van der Waals surface area contributed by atoms with E-state index in [9.17, 15) is 4.79 Å². The van der Waals surface area contributed by atoms with Crippen LogP contribution in [0.4, 0.5) is 0 Å². The first-order valence-corrected chi connectivity index (χ1v) is 7.24. The first kappa shape index (κ1) is 13.7. The summed E-state index contributed by atoms with van der Waals surface area (Å²) in [7, 11) is 0. The number of imidazole rings is 1. The Morgan fingerprint density at radius 2 is 2.48 bits per heavy atom. The Bertz CT molecular complexity index is 791. The molecule has 0 spiro atoms. The van der Waals surface area contributed by atoms with Crippen LogP contribution in [0.2, 0.25) is 5.15 Å². The predicted octanol–water partition coefficient (Wildman–Crippen LogP) is 1.45. The van der Waals surface area contributed by atoms with Crippen molar-refractivity contribution in [3.8, 4) is 0 Å². The average Bonchev–Trinajstić information content (AvgIpc) is 3.13. The van der Waals surface area contributed by atoms with Gasteiger partial charge in [0.25, 0.3) is 0 Å². The SMILES string of the molecule is CC(NC(=O)C=Cc1c(Cl)nc2sccn12)c1nn[nH]n1. The fourth-order valence-electron chi connectivity index (χ4n) is 1.76. The number of tetrazole rings is 1. The van der Waals surface area contributed by atoms with Gasteiger partial charge < -0.3 is 5.32 Å². The Morgan fingerprint density at radius 1 is 1.62 bits per heavy atom. The minimum absolute atomic E-state index is 0.284. The molecular formula is C11H10ClN7OS. The zero-order chi connectivity index (χ0) is 14.8. The van der Waals surface area contributed by atoms with Crippen LogP contribution >= 0.6 is 22.9 Å². The number of nitrogens with zero attached hydrogens (tertiary/aromatic N) is 5. The summed E-state index contributed by atoms with van der Waals surface area (Å²) in [5.74, 6) is 0.132. The number of fused-ring (bicyclic) bond motifs is 1. The molecule has 0 aliphatic rings. The van der Waals surface area contributed by atoms with Crippen LogP contribution in [0, 0.1) is 0 Å². The van der Waals surface area contributed by atoms with Crippen molar-refractivity contribution in [2.75, 3.05) is 0 Å². The number of carbonyl (C=O) groups is 1. The van der Waals surface area contributed by atoms with Gasteiger partial charge in [0.2, 0.25) is 5.91 Å². The minimum atomic E-state index is -0.344. The van der Waals surface area contributed by atoms with Crippen LogP contribution in [0.1, 0.15) is 24.5 Å². The number of carbonyl (C=O) groups excluding carboxylic acids is 1. The average molecular weight is 324 g/mol. The number of halogens is 1. The molecule has 0 aliphatic heterocycles. The first-order chi connectivity index (χ1) is 10.1. The molecule has 1 amide bonds. The molecule has 0 saturated carbocycles. The lowest BCUT2D eigenvalue weighted by Crippen LogP contribution is -2.25. The third kappa shape index (κ3) is 2.78. The highest BCUT2D eigenvalue weighted by molar-refractivity contribution is 7.15. The van der Waals surface area contributed by atoms with Crippen molar-refractivity contribution in [1.82, 2.24) is 35.3 Å². The molecule has 108 valence electrons. The quantitative estimate of drug-likeness (QED) is 0.708. The van der Waals surface area contributed by atoms with E-state index >= 15 is 0 Å². The van der Waals surface area contributed by atoms with Crippen LogP contribution < -0.4 is 5.32 Å². The van der Waals surface area contributed by atoms with Crippen LogP contribution in [0.3, 0.4) is 0 Å². The van der Waals surface area contributed by atoms with E-state index in [0.717, 1.165) is 4.96 Å². The maximum absolute atomic E-state index is 11.9. The highest BCUT2D eigenvalue weighted by Gasteiger charge is 2.12. The molecule has 10 heteroatoms. The van der Waals surface area contributed by atoms with E-state index in [2.05, 4.69) is 30.9 Å². The number of hydrogen-bond acceptors (Lipinski definition) is 6. The van der Waals surface area contributed by atoms with E-state index in [4.69, 9.17) is 11.6 Å². The smallest absolute Gasteiger partial charge is 0.244 e. The maximum atomic E-state index is 11.9. The van der Waals surface area contributed by atoms with Gasteiger partial charge in [0.05, 0.1) is 11.7 Å². The lowest BCUT2D eigenvalue weighted by Gasteiger charge is -2.06. The number of H-pyrrole nitrogens is 1. The normalized spacial score (nSPS) is 13.0. The minimum Gasteiger partial charge on any atom is -0.343 e. The highest BCUT2D eigenvalue weighted by atomic mass is 35.5. The van der Waals surface area contributed by atoms with Crippen molar-refractivity contribution in [2.45, 2.75) is 13.0 Å². The summed E-state index contributed by atoms with van der Waals surface area (Å²) in [5.41, 5.74) is 0.662. The molecular weight excluding hydrogens is 314 g/mol. The summed E-state index contributed by atoms with van der Waals surface area (Å²) >= 11 is 7.51. The first-order valence-electron chi connectivity index (χ1n) is 5.98. The van der Waals surface area contributed by atoms with E-state index in [-0.39, 0.29) is 11.9 Å². The lowest BCUT2D eigenvalue weighted by atomic mass is 10.3. The summed E-state index contributed by atoms with van der Waals surface area (Å²) in [6.45, 7) is 1.76. The van der Waals surface area contributed by atoms with Crippen molar-refractivity contribution in [2.24, 2.45) is 0 Å². The molecule has 3 heterocycles. The van der Waals surface area contributed by atoms with Crippen LogP contribution in [0.5, 0.6) is 0 Å². The van der Waals surface area contributed by atoms with Gasteiger partial charge in [-0.3, -0.25) is 9.20 Å². The van der Waals surface area contributed by atoms with Gasteiger partial charge >= 0.3 is 0 Å². The van der Waals surface area contributed by atoms with Gasteiger partial charge in [0, 0.05) is 17.7 Å². The second kappa shape index (κ2) is 5.62.